The van der Waals surface area contributed by atoms with E-state index in [2.05, 4.69) is 11.4 Å². The second kappa shape index (κ2) is 6.11. The summed E-state index contributed by atoms with van der Waals surface area (Å²) in [4.78, 5) is 18.6. The van der Waals surface area contributed by atoms with E-state index in [0.717, 1.165) is 41.6 Å². The lowest BCUT2D eigenvalue weighted by Crippen LogP contribution is -2.13. The average molecular weight is 355 g/mol. The number of nitrogens with one attached hydrogen (secondary N) is 1. The summed E-state index contributed by atoms with van der Waals surface area (Å²) in [6.07, 6.45) is 4.31. The third kappa shape index (κ3) is 2.76. The topological polar surface area (TPSA) is 68.0 Å². The first kappa shape index (κ1) is 16.0. The van der Waals surface area contributed by atoms with Crippen molar-refractivity contribution in [2.75, 3.05) is 11.1 Å². The number of benzene rings is 1. The van der Waals surface area contributed by atoms with Gasteiger partial charge in [-0.2, -0.15) is 0 Å². The van der Waals surface area contributed by atoms with Crippen molar-refractivity contribution in [3.8, 4) is 0 Å². The van der Waals surface area contributed by atoms with E-state index in [1.54, 1.807) is 19.1 Å². The van der Waals surface area contributed by atoms with Gasteiger partial charge < -0.3 is 11.1 Å². The van der Waals surface area contributed by atoms with E-state index >= 15 is 0 Å². The minimum Gasteiger partial charge on any atom is -0.397 e. The second-order valence-electron chi connectivity index (χ2n) is 6.37. The lowest BCUT2D eigenvalue weighted by atomic mass is 9.95. The van der Waals surface area contributed by atoms with Crippen LogP contribution >= 0.6 is 11.3 Å². The largest absolute Gasteiger partial charge is 0.397 e. The molecule has 0 spiro atoms. The van der Waals surface area contributed by atoms with Gasteiger partial charge in [-0.3, -0.25) is 4.79 Å². The van der Waals surface area contributed by atoms with Crippen LogP contribution in [0.2, 0.25) is 0 Å². The normalized spacial score (nSPS) is 13.7. The first-order valence-corrected chi connectivity index (χ1v) is 9.13. The van der Waals surface area contributed by atoms with E-state index in [1.807, 2.05) is 0 Å². The lowest BCUT2D eigenvalue weighted by molar-refractivity contribution is 0.103. The number of hydrogen-bond acceptors (Lipinski definition) is 4. The summed E-state index contributed by atoms with van der Waals surface area (Å²) in [5.74, 6) is -0.677. The molecule has 0 aliphatic heterocycles. The summed E-state index contributed by atoms with van der Waals surface area (Å²) < 4.78 is 13.7. The highest BCUT2D eigenvalue weighted by Crippen LogP contribution is 2.36. The number of rotatable bonds is 2. The van der Waals surface area contributed by atoms with Gasteiger partial charge in [-0.15, -0.1) is 11.3 Å². The van der Waals surface area contributed by atoms with Gasteiger partial charge in [0.2, 0.25) is 0 Å². The van der Waals surface area contributed by atoms with Crippen LogP contribution in [0.25, 0.3) is 10.2 Å². The fraction of sp³-hybridized carbons (Fsp3) is 0.263. The predicted molar refractivity (Wildman–Crippen MR) is 99.8 cm³/mol. The van der Waals surface area contributed by atoms with Gasteiger partial charge in [0.25, 0.3) is 5.91 Å². The Morgan fingerprint density at radius 3 is 2.96 bits per heavy atom. The Bertz CT molecular complexity index is 996. The maximum absolute atomic E-state index is 13.7. The van der Waals surface area contributed by atoms with E-state index in [9.17, 15) is 9.18 Å². The number of anilines is 2. The number of nitrogen functional groups attached to an aromatic ring is 1. The molecule has 3 N–H and O–H groups in total. The number of thiophene rings is 1. The molecule has 2 heterocycles. The predicted octanol–water partition coefficient (Wildman–Crippen LogP) is 4.46. The van der Waals surface area contributed by atoms with E-state index in [4.69, 9.17) is 10.7 Å². The first-order valence-electron chi connectivity index (χ1n) is 8.32. The summed E-state index contributed by atoms with van der Waals surface area (Å²) in [7, 11) is 0. The number of halogens is 1. The van der Waals surface area contributed by atoms with E-state index < -0.39 is 0 Å². The molecule has 0 radical (unpaired) electrons. The first-order chi connectivity index (χ1) is 12.0. The van der Waals surface area contributed by atoms with Crippen molar-refractivity contribution in [1.29, 1.82) is 0 Å². The molecule has 128 valence electrons. The van der Waals surface area contributed by atoms with Crippen LogP contribution in [-0.2, 0) is 12.8 Å². The van der Waals surface area contributed by atoms with Crippen LogP contribution in [-0.4, -0.2) is 10.9 Å². The highest BCUT2D eigenvalue weighted by Gasteiger charge is 2.21. The molecule has 3 aromatic rings. The third-order valence-electron chi connectivity index (χ3n) is 4.72. The molecule has 1 aromatic carbocycles. The van der Waals surface area contributed by atoms with E-state index in [0.29, 0.717) is 21.8 Å². The van der Waals surface area contributed by atoms with Crippen molar-refractivity contribution in [1.82, 2.24) is 4.98 Å². The quantitative estimate of drug-likeness (QED) is 0.713. The highest BCUT2D eigenvalue weighted by atomic mass is 32.1. The number of fused-ring (bicyclic) bond motifs is 2. The molecule has 0 unspecified atom stereocenters. The zero-order valence-electron chi connectivity index (χ0n) is 13.9. The summed E-state index contributed by atoms with van der Waals surface area (Å²) in [5, 5.41) is 3.60. The molecule has 0 saturated heterocycles. The van der Waals surface area contributed by atoms with Gasteiger partial charge in [-0.25, -0.2) is 9.37 Å². The van der Waals surface area contributed by atoms with E-state index in [1.165, 1.54) is 23.0 Å². The molecule has 0 bridgehead atoms. The van der Waals surface area contributed by atoms with Gasteiger partial charge in [0, 0.05) is 22.3 Å². The zero-order valence-corrected chi connectivity index (χ0v) is 14.7. The SMILES string of the molecule is Cc1c(F)cccc1NC(=O)c1sc2nc3c(cc2c1N)CCCC3. The Morgan fingerprint density at radius 2 is 2.12 bits per heavy atom. The number of aromatic nitrogens is 1. The molecule has 4 nitrogen and oxygen atoms in total. The average Bonchev–Trinajstić information content (AvgIpc) is 2.93. The fourth-order valence-corrected chi connectivity index (χ4v) is 4.24. The van der Waals surface area contributed by atoms with Gasteiger partial charge in [-0.05, 0) is 56.4 Å². The third-order valence-corrected chi connectivity index (χ3v) is 5.84. The number of nitrogens with zero attached hydrogens (tertiary/aromatic N) is 1. The van der Waals surface area contributed by atoms with Crippen molar-refractivity contribution < 1.29 is 9.18 Å². The lowest BCUT2D eigenvalue weighted by Gasteiger charge is -2.14. The Kier molecular flexibility index (Phi) is 3.92. The number of hydrogen-bond donors (Lipinski definition) is 2. The smallest absolute Gasteiger partial charge is 0.267 e. The Hall–Kier alpha value is -2.47. The molecule has 6 heteroatoms. The summed E-state index contributed by atoms with van der Waals surface area (Å²) in [6.45, 7) is 1.63. The molecule has 0 fully saturated rings. The summed E-state index contributed by atoms with van der Waals surface area (Å²) in [5.41, 5.74) is 9.89. The highest BCUT2D eigenvalue weighted by molar-refractivity contribution is 7.21. The van der Waals surface area contributed by atoms with Crippen LogP contribution in [0, 0.1) is 12.7 Å². The van der Waals surface area contributed by atoms with Crippen LogP contribution in [0.1, 0.15) is 39.3 Å². The maximum Gasteiger partial charge on any atom is 0.267 e. The van der Waals surface area contributed by atoms with Crippen LogP contribution in [0.15, 0.2) is 24.3 Å². The number of nitrogens with two attached hydrogens (primary N) is 1. The zero-order chi connectivity index (χ0) is 17.6. The van der Waals surface area contributed by atoms with Gasteiger partial charge in [0.15, 0.2) is 0 Å². The van der Waals surface area contributed by atoms with Crippen molar-refractivity contribution in [2.24, 2.45) is 0 Å². The molecule has 4 rings (SSSR count). The molecule has 1 amide bonds. The number of amides is 1. The Balaban J connectivity index is 1.72. The number of pyridine rings is 1. The molecule has 1 aliphatic rings. The molecule has 0 atom stereocenters. The number of carbonyl (C=O) groups excluding carboxylic acids is 1. The molecule has 1 aliphatic carbocycles. The second-order valence-corrected chi connectivity index (χ2v) is 7.36. The van der Waals surface area contributed by atoms with E-state index in [-0.39, 0.29) is 11.7 Å². The van der Waals surface area contributed by atoms with Crippen LogP contribution in [0.4, 0.5) is 15.8 Å². The number of aryl methyl sites for hydroxylation is 2. The molecule has 0 saturated carbocycles. The Morgan fingerprint density at radius 1 is 1.32 bits per heavy atom. The molecule has 2 aromatic heterocycles. The van der Waals surface area contributed by atoms with Gasteiger partial charge in [0.1, 0.15) is 15.5 Å². The van der Waals surface area contributed by atoms with Crippen molar-refractivity contribution >= 4 is 38.8 Å². The molecular weight excluding hydrogens is 337 g/mol. The van der Waals surface area contributed by atoms with Gasteiger partial charge in [0.05, 0.1) is 5.69 Å². The van der Waals surface area contributed by atoms with Crippen LogP contribution in [0.5, 0.6) is 0 Å². The molecule has 25 heavy (non-hydrogen) atoms. The maximum atomic E-state index is 13.7. The number of carbonyl (C=O) groups is 1. The fourth-order valence-electron chi connectivity index (χ4n) is 3.25. The monoisotopic (exact) mass is 355 g/mol. The summed E-state index contributed by atoms with van der Waals surface area (Å²) in [6, 6.07) is 6.69. The van der Waals surface area contributed by atoms with Crippen molar-refractivity contribution in [2.45, 2.75) is 32.6 Å². The van der Waals surface area contributed by atoms with Crippen LogP contribution in [0.3, 0.4) is 0 Å². The van der Waals surface area contributed by atoms with Gasteiger partial charge >= 0.3 is 0 Å². The van der Waals surface area contributed by atoms with Crippen LogP contribution < -0.4 is 11.1 Å². The Labute approximate surface area is 148 Å². The summed E-state index contributed by atoms with van der Waals surface area (Å²) >= 11 is 1.29. The standard InChI is InChI=1S/C19H18FN3OS/c1-10-13(20)6-4-8-14(10)22-18(24)17-16(21)12-9-11-5-2-3-7-15(11)23-19(12)25-17/h4,6,8-9H,2-3,5,7,21H2,1H3,(H,22,24). The van der Waals surface area contributed by atoms with Gasteiger partial charge in [-0.1, -0.05) is 6.07 Å². The minimum absolute atomic E-state index is 0.327. The van der Waals surface area contributed by atoms with Crippen molar-refractivity contribution in [3.05, 3.63) is 51.8 Å². The minimum atomic E-state index is -0.351. The molecular formula is C19H18FN3OS. The van der Waals surface area contributed by atoms with Crippen molar-refractivity contribution in [3.63, 3.8) is 0 Å².